The van der Waals surface area contributed by atoms with Crippen LogP contribution >= 0.6 is 0 Å². The molecule has 2 amide bonds. The quantitative estimate of drug-likeness (QED) is 0.721. The van der Waals surface area contributed by atoms with Gasteiger partial charge in [0.25, 0.3) is 0 Å². The van der Waals surface area contributed by atoms with Crippen molar-refractivity contribution in [3.8, 4) is 5.88 Å². The van der Waals surface area contributed by atoms with Gasteiger partial charge in [0.15, 0.2) is 0 Å². The molecule has 1 fully saturated rings. The first-order chi connectivity index (χ1) is 14.8. The first-order valence-electron chi connectivity index (χ1n) is 10.4. The van der Waals surface area contributed by atoms with E-state index in [0.717, 1.165) is 16.9 Å². The zero-order valence-electron chi connectivity index (χ0n) is 18.3. The highest BCUT2D eigenvalue weighted by atomic mass is 16.6. The number of rotatable bonds is 6. The number of piperidine rings is 1. The lowest BCUT2D eigenvalue weighted by atomic mass is 10.1. The predicted octanol–water partition coefficient (Wildman–Crippen LogP) is 3.88. The first kappa shape index (κ1) is 22.3. The highest BCUT2D eigenvalue weighted by Crippen LogP contribution is 2.24. The van der Waals surface area contributed by atoms with Gasteiger partial charge in [-0.1, -0.05) is 0 Å². The minimum absolute atomic E-state index is 0.0231. The van der Waals surface area contributed by atoms with Crippen molar-refractivity contribution in [2.75, 3.05) is 23.7 Å². The molecule has 0 aliphatic carbocycles. The molecule has 31 heavy (non-hydrogen) atoms. The van der Waals surface area contributed by atoms with Crippen LogP contribution in [0.25, 0.3) is 0 Å². The summed E-state index contributed by atoms with van der Waals surface area (Å²) in [6, 6.07) is 7.39. The molecule has 9 nitrogen and oxygen atoms in total. The fraction of sp³-hybridized carbons (Fsp3) is 0.455. The van der Waals surface area contributed by atoms with Crippen molar-refractivity contribution in [1.82, 2.24) is 14.9 Å². The van der Waals surface area contributed by atoms with Crippen LogP contribution in [-0.2, 0) is 9.53 Å². The van der Waals surface area contributed by atoms with Gasteiger partial charge in [-0.25, -0.2) is 14.8 Å². The summed E-state index contributed by atoms with van der Waals surface area (Å²) in [6.07, 6.45) is 2.45. The van der Waals surface area contributed by atoms with Crippen LogP contribution in [0.5, 0.6) is 5.88 Å². The van der Waals surface area contributed by atoms with E-state index in [1.54, 1.807) is 11.0 Å². The molecule has 2 heterocycles. The summed E-state index contributed by atoms with van der Waals surface area (Å²) in [7, 11) is 0. The van der Waals surface area contributed by atoms with Crippen molar-refractivity contribution >= 4 is 29.2 Å². The summed E-state index contributed by atoms with van der Waals surface area (Å²) in [6.45, 7) is 8.27. The number of carbonyl (C=O) groups excluding carboxylic acids is 2. The topological polar surface area (TPSA) is 106 Å². The third-order valence-corrected chi connectivity index (χ3v) is 4.78. The van der Waals surface area contributed by atoms with Gasteiger partial charge in [0.1, 0.15) is 18.2 Å². The van der Waals surface area contributed by atoms with Crippen molar-refractivity contribution < 1.29 is 19.1 Å². The lowest BCUT2D eigenvalue weighted by molar-refractivity contribution is -0.114. The molecule has 166 valence electrons. The Kier molecular flexibility index (Phi) is 7.28. The molecule has 1 aromatic heterocycles. The van der Waals surface area contributed by atoms with E-state index in [1.165, 1.54) is 13.3 Å². The van der Waals surface area contributed by atoms with Gasteiger partial charge in [-0.05, 0) is 44.5 Å². The number of aromatic nitrogens is 2. The zero-order chi connectivity index (χ0) is 22.4. The average molecular weight is 428 g/mol. The fourth-order valence-electron chi connectivity index (χ4n) is 3.29. The lowest BCUT2D eigenvalue weighted by Gasteiger charge is -2.31. The van der Waals surface area contributed by atoms with Gasteiger partial charge in [-0.3, -0.25) is 4.79 Å². The van der Waals surface area contributed by atoms with Crippen molar-refractivity contribution in [3.05, 3.63) is 36.2 Å². The van der Waals surface area contributed by atoms with E-state index in [0.29, 0.717) is 37.6 Å². The summed E-state index contributed by atoms with van der Waals surface area (Å²) in [4.78, 5) is 33.4. The van der Waals surface area contributed by atoms with E-state index in [4.69, 9.17) is 9.47 Å². The van der Waals surface area contributed by atoms with Crippen molar-refractivity contribution in [2.24, 2.45) is 0 Å². The van der Waals surface area contributed by atoms with E-state index >= 15 is 0 Å². The number of likely N-dealkylation sites (tertiary alicyclic amines) is 1. The maximum atomic E-state index is 12.0. The molecule has 1 aliphatic rings. The lowest BCUT2D eigenvalue weighted by Crippen LogP contribution is -2.42. The fourth-order valence-corrected chi connectivity index (χ4v) is 3.29. The first-order valence-corrected chi connectivity index (χ1v) is 10.4. The van der Waals surface area contributed by atoms with Gasteiger partial charge in [0.2, 0.25) is 11.8 Å². The molecule has 1 saturated heterocycles. The molecular formula is C22H29N5O4. The highest BCUT2D eigenvalue weighted by molar-refractivity contribution is 5.89. The SMILES string of the molecule is CC(=O)Nc1ccc(Nc2cc(OC3CCN(C(=O)OC(C)C)CC3)ncn2)cc1C. The maximum Gasteiger partial charge on any atom is 0.410 e. The molecule has 2 aromatic rings. The molecule has 0 spiro atoms. The number of amides is 2. The Morgan fingerprint density at radius 2 is 1.90 bits per heavy atom. The Hall–Kier alpha value is -3.36. The van der Waals surface area contributed by atoms with Crippen LogP contribution in [0.2, 0.25) is 0 Å². The largest absolute Gasteiger partial charge is 0.474 e. The Balaban J connectivity index is 1.56. The third kappa shape index (κ3) is 6.56. The van der Waals surface area contributed by atoms with Crippen LogP contribution in [0, 0.1) is 6.92 Å². The van der Waals surface area contributed by atoms with Crippen LogP contribution in [-0.4, -0.2) is 52.2 Å². The Morgan fingerprint density at radius 3 is 2.55 bits per heavy atom. The van der Waals surface area contributed by atoms with Crippen molar-refractivity contribution in [3.63, 3.8) is 0 Å². The van der Waals surface area contributed by atoms with Gasteiger partial charge in [-0.2, -0.15) is 0 Å². The molecule has 1 aromatic carbocycles. The second kappa shape index (κ2) is 10.1. The highest BCUT2D eigenvalue weighted by Gasteiger charge is 2.25. The van der Waals surface area contributed by atoms with Crippen LogP contribution < -0.4 is 15.4 Å². The number of anilines is 3. The smallest absolute Gasteiger partial charge is 0.410 e. The number of carbonyl (C=O) groups is 2. The van der Waals surface area contributed by atoms with Crippen molar-refractivity contribution in [2.45, 2.75) is 52.7 Å². The zero-order valence-corrected chi connectivity index (χ0v) is 18.3. The average Bonchev–Trinajstić information content (AvgIpc) is 2.70. The van der Waals surface area contributed by atoms with Gasteiger partial charge in [0, 0.05) is 50.3 Å². The van der Waals surface area contributed by atoms with E-state index in [1.807, 2.05) is 39.0 Å². The molecule has 2 N–H and O–H groups in total. The summed E-state index contributed by atoms with van der Waals surface area (Å²) in [5, 5.41) is 6.02. The molecule has 0 unspecified atom stereocenters. The molecule has 0 atom stereocenters. The van der Waals surface area contributed by atoms with E-state index in [9.17, 15) is 9.59 Å². The molecule has 0 radical (unpaired) electrons. The van der Waals surface area contributed by atoms with Gasteiger partial charge in [0.05, 0.1) is 6.10 Å². The predicted molar refractivity (Wildman–Crippen MR) is 118 cm³/mol. The number of aryl methyl sites for hydroxylation is 1. The third-order valence-electron chi connectivity index (χ3n) is 4.78. The molecule has 0 bridgehead atoms. The molecule has 3 rings (SSSR count). The van der Waals surface area contributed by atoms with Crippen LogP contribution in [0.15, 0.2) is 30.6 Å². The second-order valence-electron chi connectivity index (χ2n) is 7.81. The number of nitrogens with one attached hydrogen (secondary N) is 2. The monoisotopic (exact) mass is 427 g/mol. The van der Waals surface area contributed by atoms with Gasteiger partial charge in [-0.15, -0.1) is 0 Å². The Bertz CT molecular complexity index is 926. The minimum Gasteiger partial charge on any atom is -0.474 e. The molecule has 0 saturated carbocycles. The standard InChI is InChI=1S/C22H29N5O4/c1-14(2)30-22(29)27-9-7-18(8-10-27)31-21-12-20(23-13-24-21)26-17-5-6-19(15(3)11-17)25-16(4)28/h5-6,11-14,18H,7-10H2,1-4H3,(H,25,28)(H,23,24,26). The normalized spacial score (nSPS) is 14.3. The van der Waals surface area contributed by atoms with Crippen LogP contribution in [0.3, 0.4) is 0 Å². The van der Waals surface area contributed by atoms with E-state index in [-0.39, 0.29) is 24.2 Å². The Labute approximate surface area is 182 Å². The van der Waals surface area contributed by atoms with E-state index in [2.05, 4.69) is 20.6 Å². The van der Waals surface area contributed by atoms with Crippen LogP contribution in [0.4, 0.5) is 22.0 Å². The summed E-state index contributed by atoms with van der Waals surface area (Å²) in [5.74, 6) is 0.978. The summed E-state index contributed by atoms with van der Waals surface area (Å²) < 4.78 is 11.3. The Morgan fingerprint density at radius 1 is 1.16 bits per heavy atom. The molecule has 9 heteroatoms. The maximum absolute atomic E-state index is 12.0. The molecule has 1 aliphatic heterocycles. The number of benzene rings is 1. The number of nitrogens with zero attached hydrogens (tertiary/aromatic N) is 3. The number of ether oxygens (including phenoxy) is 2. The van der Waals surface area contributed by atoms with E-state index < -0.39 is 0 Å². The summed E-state index contributed by atoms with van der Waals surface area (Å²) in [5.41, 5.74) is 2.55. The summed E-state index contributed by atoms with van der Waals surface area (Å²) >= 11 is 0. The minimum atomic E-state index is -0.276. The van der Waals surface area contributed by atoms with Crippen LogP contribution in [0.1, 0.15) is 39.2 Å². The molecular weight excluding hydrogens is 398 g/mol. The van der Waals surface area contributed by atoms with Gasteiger partial charge < -0.3 is 25.0 Å². The number of hydrogen-bond donors (Lipinski definition) is 2. The van der Waals surface area contributed by atoms with Gasteiger partial charge >= 0.3 is 6.09 Å². The second-order valence-corrected chi connectivity index (χ2v) is 7.81. The number of hydrogen-bond acceptors (Lipinski definition) is 7. The van der Waals surface area contributed by atoms with Crippen molar-refractivity contribution in [1.29, 1.82) is 0 Å².